The van der Waals surface area contributed by atoms with Gasteiger partial charge in [-0.15, -0.1) is 0 Å². The summed E-state index contributed by atoms with van der Waals surface area (Å²) < 4.78 is 5.96. The molecule has 0 aromatic carbocycles. The van der Waals surface area contributed by atoms with Gasteiger partial charge in [0.05, 0.1) is 12.1 Å². The lowest BCUT2D eigenvalue weighted by atomic mass is 10.2. The van der Waals surface area contributed by atoms with Gasteiger partial charge in [0, 0.05) is 9.77 Å². The van der Waals surface area contributed by atoms with E-state index >= 15 is 0 Å². The summed E-state index contributed by atoms with van der Waals surface area (Å²) in [5.74, 6) is -0.366. The van der Waals surface area contributed by atoms with Crippen LogP contribution in [0.2, 0.25) is 0 Å². The number of halogens is 1. The van der Waals surface area contributed by atoms with Gasteiger partial charge in [0.15, 0.2) is 0 Å². The van der Waals surface area contributed by atoms with Crippen molar-refractivity contribution in [1.82, 2.24) is 4.98 Å². The number of aromatic hydroxyl groups is 1. The Hall–Kier alpha value is -0.850. The van der Waals surface area contributed by atoms with Crippen molar-refractivity contribution in [2.75, 3.05) is 0 Å². The molecule has 0 bridgehead atoms. The van der Waals surface area contributed by atoms with Gasteiger partial charge in [0.1, 0.15) is 11.4 Å². The molecule has 0 amide bonds. The highest BCUT2D eigenvalue weighted by Crippen LogP contribution is 2.19. The molecule has 0 aliphatic carbocycles. The van der Waals surface area contributed by atoms with Crippen molar-refractivity contribution in [3.05, 3.63) is 21.5 Å². The Kier molecular flexibility index (Phi) is 4.12. The van der Waals surface area contributed by atoms with E-state index in [4.69, 9.17) is 4.74 Å². The molecule has 88 valence electrons. The Bertz CT molecular complexity index is 399. The normalized spacial score (nSPS) is 11.2. The Morgan fingerprint density at radius 3 is 2.69 bits per heavy atom. The smallest absolute Gasteiger partial charge is 0.312 e. The maximum Gasteiger partial charge on any atom is 0.312 e. The zero-order chi connectivity index (χ0) is 12.3. The van der Waals surface area contributed by atoms with E-state index in [0.29, 0.717) is 5.69 Å². The summed E-state index contributed by atoms with van der Waals surface area (Å²) in [5, 5.41) is 9.56. The molecule has 0 fully saturated rings. The van der Waals surface area contributed by atoms with Crippen LogP contribution >= 0.6 is 22.6 Å². The van der Waals surface area contributed by atoms with Gasteiger partial charge in [0.25, 0.3) is 0 Å². The summed E-state index contributed by atoms with van der Waals surface area (Å²) in [4.78, 5) is 15.5. The number of ether oxygens (including phenoxy) is 1. The molecule has 5 heteroatoms. The van der Waals surface area contributed by atoms with Gasteiger partial charge in [-0.25, -0.2) is 0 Å². The number of rotatable bonds is 2. The fourth-order valence-electron chi connectivity index (χ4n) is 1.11. The second-order valence-electron chi connectivity index (χ2n) is 4.38. The van der Waals surface area contributed by atoms with Gasteiger partial charge in [-0.2, -0.15) is 0 Å². The van der Waals surface area contributed by atoms with Crippen molar-refractivity contribution >= 4 is 28.6 Å². The van der Waals surface area contributed by atoms with Crippen molar-refractivity contribution < 1.29 is 14.6 Å². The minimum absolute atomic E-state index is 0.0139. The van der Waals surface area contributed by atoms with Crippen molar-refractivity contribution in [2.45, 2.75) is 32.8 Å². The maximum absolute atomic E-state index is 11.5. The highest BCUT2D eigenvalue weighted by Gasteiger charge is 2.18. The molecule has 0 spiro atoms. The van der Waals surface area contributed by atoms with E-state index in [2.05, 4.69) is 4.98 Å². The van der Waals surface area contributed by atoms with Crippen LogP contribution in [0.4, 0.5) is 0 Å². The fraction of sp³-hybridized carbons (Fsp3) is 0.455. The molecule has 0 saturated heterocycles. The van der Waals surface area contributed by atoms with Gasteiger partial charge in [-0.1, -0.05) is 0 Å². The van der Waals surface area contributed by atoms with E-state index in [0.717, 1.165) is 3.57 Å². The SMILES string of the molecule is CC(C)(C)OC(=O)Cc1ncc(I)cc1O. The standard InChI is InChI=1S/C11H14INO3/c1-11(2,3)16-10(15)5-8-9(14)4-7(12)6-13-8/h4,6,14H,5H2,1-3H3. The second-order valence-corrected chi connectivity index (χ2v) is 5.63. The summed E-state index contributed by atoms with van der Waals surface area (Å²) >= 11 is 2.04. The van der Waals surface area contributed by atoms with E-state index < -0.39 is 11.6 Å². The van der Waals surface area contributed by atoms with Crippen LogP contribution < -0.4 is 0 Å². The number of esters is 1. The van der Waals surface area contributed by atoms with Crippen LogP contribution in [0, 0.1) is 3.57 Å². The first-order chi connectivity index (χ1) is 7.28. The van der Waals surface area contributed by atoms with Crippen LogP contribution in [0.5, 0.6) is 5.75 Å². The molecule has 1 aromatic heterocycles. The topological polar surface area (TPSA) is 59.4 Å². The minimum Gasteiger partial charge on any atom is -0.506 e. The fourth-order valence-corrected chi connectivity index (χ4v) is 1.54. The van der Waals surface area contributed by atoms with Crippen molar-refractivity contribution in [2.24, 2.45) is 0 Å². The number of aromatic nitrogens is 1. The lowest BCUT2D eigenvalue weighted by Gasteiger charge is -2.19. The van der Waals surface area contributed by atoms with Crippen LogP contribution in [0.3, 0.4) is 0 Å². The molecule has 1 rings (SSSR count). The van der Waals surface area contributed by atoms with E-state index in [-0.39, 0.29) is 12.2 Å². The van der Waals surface area contributed by atoms with Crippen LogP contribution in [0.15, 0.2) is 12.3 Å². The molecule has 0 atom stereocenters. The molecule has 16 heavy (non-hydrogen) atoms. The lowest BCUT2D eigenvalue weighted by Crippen LogP contribution is -2.25. The number of carbonyl (C=O) groups excluding carboxylic acids is 1. The Labute approximate surface area is 108 Å². The van der Waals surface area contributed by atoms with Gasteiger partial charge < -0.3 is 9.84 Å². The lowest BCUT2D eigenvalue weighted by molar-refractivity contribution is -0.154. The Balaban J connectivity index is 2.70. The van der Waals surface area contributed by atoms with E-state index in [9.17, 15) is 9.90 Å². The molecular formula is C11H14INO3. The van der Waals surface area contributed by atoms with Crippen LogP contribution in [0.1, 0.15) is 26.5 Å². The van der Waals surface area contributed by atoms with Crippen molar-refractivity contribution in [3.8, 4) is 5.75 Å². The highest BCUT2D eigenvalue weighted by molar-refractivity contribution is 14.1. The summed E-state index contributed by atoms with van der Waals surface area (Å²) in [6, 6.07) is 1.56. The van der Waals surface area contributed by atoms with Gasteiger partial charge in [-0.3, -0.25) is 9.78 Å². The first-order valence-corrected chi connectivity index (χ1v) is 5.91. The molecule has 0 radical (unpaired) electrons. The quantitative estimate of drug-likeness (QED) is 0.665. The number of hydrogen-bond acceptors (Lipinski definition) is 4. The zero-order valence-electron chi connectivity index (χ0n) is 9.45. The molecule has 1 N–H and O–H groups in total. The number of nitrogens with zero attached hydrogens (tertiary/aromatic N) is 1. The third-order valence-electron chi connectivity index (χ3n) is 1.65. The molecule has 1 aromatic rings. The number of carbonyl (C=O) groups is 1. The highest BCUT2D eigenvalue weighted by atomic mass is 127. The van der Waals surface area contributed by atoms with Gasteiger partial charge >= 0.3 is 5.97 Å². The molecule has 1 heterocycles. The molecule has 0 aliphatic heterocycles. The zero-order valence-corrected chi connectivity index (χ0v) is 11.6. The van der Waals surface area contributed by atoms with Crippen molar-refractivity contribution in [1.29, 1.82) is 0 Å². The van der Waals surface area contributed by atoms with E-state index in [1.807, 2.05) is 22.6 Å². The minimum atomic E-state index is -0.518. The van der Waals surface area contributed by atoms with Gasteiger partial charge in [0.2, 0.25) is 0 Å². The van der Waals surface area contributed by atoms with Crippen LogP contribution in [-0.2, 0) is 16.0 Å². The summed E-state index contributed by atoms with van der Waals surface area (Å²) in [7, 11) is 0. The average Bonchev–Trinajstić information content (AvgIpc) is 2.06. The summed E-state index contributed by atoms with van der Waals surface area (Å²) in [6.45, 7) is 5.39. The third kappa shape index (κ3) is 4.34. The average molecular weight is 335 g/mol. The van der Waals surface area contributed by atoms with Crippen molar-refractivity contribution in [3.63, 3.8) is 0 Å². The van der Waals surface area contributed by atoms with E-state index in [1.54, 1.807) is 33.0 Å². The molecule has 4 nitrogen and oxygen atoms in total. The number of pyridine rings is 1. The predicted octanol–water partition coefficient (Wildman–Crippen LogP) is 2.28. The Morgan fingerprint density at radius 1 is 1.56 bits per heavy atom. The second kappa shape index (κ2) is 4.99. The predicted molar refractivity (Wildman–Crippen MR) is 68.2 cm³/mol. The first-order valence-electron chi connectivity index (χ1n) is 4.83. The molecule has 0 saturated carbocycles. The van der Waals surface area contributed by atoms with Crippen LogP contribution in [-0.4, -0.2) is 21.7 Å². The molecular weight excluding hydrogens is 321 g/mol. The van der Waals surface area contributed by atoms with Crippen LogP contribution in [0.25, 0.3) is 0 Å². The summed E-state index contributed by atoms with van der Waals surface area (Å²) in [5.41, 5.74) is -0.176. The van der Waals surface area contributed by atoms with E-state index in [1.165, 1.54) is 0 Å². The monoisotopic (exact) mass is 335 g/mol. The third-order valence-corrected chi connectivity index (χ3v) is 2.24. The molecule has 0 aliphatic rings. The largest absolute Gasteiger partial charge is 0.506 e. The first kappa shape index (κ1) is 13.2. The molecule has 0 unspecified atom stereocenters. The van der Waals surface area contributed by atoms with Gasteiger partial charge in [-0.05, 0) is 49.4 Å². The number of hydrogen-bond donors (Lipinski definition) is 1. The Morgan fingerprint density at radius 2 is 2.19 bits per heavy atom. The summed E-state index contributed by atoms with van der Waals surface area (Å²) in [6.07, 6.45) is 1.58. The maximum atomic E-state index is 11.5.